The van der Waals surface area contributed by atoms with E-state index in [1.54, 1.807) is 0 Å². The van der Waals surface area contributed by atoms with Crippen molar-refractivity contribution in [2.45, 2.75) is 224 Å². The lowest BCUT2D eigenvalue weighted by atomic mass is 10.1. The molecular weight excluding hydrogens is 736 g/mol. The van der Waals surface area contributed by atoms with E-state index in [4.69, 9.17) is 14.2 Å². The standard InChI is InChI=1S/C44H80Br2O3/c1-4-7-10-13-16-19-22-25-28-31-34-47-42-40(38-45)37-41(39-46)43(48-35-32-29-26-23-20-17-14-11-8-5-2)44(42)49-36-33-30-27-24-21-18-15-12-9-6-3/h37H,4-36,38-39H2,1-3H3. The summed E-state index contributed by atoms with van der Waals surface area (Å²) in [6, 6.07) is 2.25. The molecule has 0 bridgehead atoms. The van der Waals surface area contributed by atoms with Gasteiger partial charge in [-0.05, 0) is 25.3 Å². The molecule has 0 spiro atoms. The minimum atomic E-state index is 0.715. The van der Waals surface area contributed by atoms with E-state index in [2.05, 4.69) is 58.7 Å². The van der Waals surface area contributed by atoms with Gasteiger partial charge in [-0.1, -0.05) is 226 Å². The van der Waals surface area contributed by atoms with Crippen LogP contribution < -0.4 is 14.2 Å². The normalized spacial score (nSPS) is 11.4. The lowest BCUT2D eigenvalue weighted by molar-refractivity contribution is 0.232. The molecule has 0 saturated heterocycles. The van der Waals surface area contributed by atoms with Crippen LogP contribution in [-0.2, 0) is 10.7 Å². The first-order valence-electron chi connectivity index (χ1n) is 21.4. The van der Waals surface area contributed by atoms with E-state index in [1.165, 1.54) is 173 Å². The van der Waals surface area contributed by atoms with E-state index in [0.717, 1.165) is 71.5 Å². The molecule has 0 aliphatic carbocycles. The number of halogens is 2. The summed E-state index contributed by atoms with van der Waals surface area (Å²) in [5, 5.41) is 1.49. The zero-order valence-corrected chi connectivity index (χ0v) is 36.0. The second-order valence-electron chi connectivity index (χ2n) is 14.5. The number of hydrogen-bond acceptors (Lipinski definition) is 3. The van der Waals surface area contributed by atoms with Crippen LogP contribution in [0.3, 0.4) is 0 Å². The van der Waals surface area contributed by atoms with Crippen LogP contribution in [0.25, 0.3) is 0 Å². The van der Waals surface area contributed by atoms with Crippen LogP contribution in [0.4, 0.5) is 0 Å². The summed E-state index contributed by atoms with van der Waals surface area (Å²) in [7, 11) is 0. The van der Waals surface area contributed by atoms with Gasteiger partial charge < -0.3 is 14.2 Å². The monoisotopic (exact) mass is 814 g/mol. The van der Waals surface area contributed by atoms with Crippen molar-refractivity contribution in [2.24, 2.45) is 0 Å². The molecule has 0 aromatic heterocycles. The second kappa shape index (κ2) is 36.0. The number of benzene rings is 1. The topological polar surface area (TPSA) is 27.7 Å². The molecule has 49 heavy (non-hydrogen) atoms. The molecule has 0 aliphatic heterocycles. The van der Waals surface area contributed by atoms with Gasteiger partial charge in [0.15, 0.2) is 11.5 Å². The molecule has 0 saturated carbocycles. The van der Waals surface area contributed by atoms with Gasteiger partial charge in [0, 0.05) is 21.8 Å². The van der Waals surface area contributed by atoms with Crippen molar-refractivity contribution in [3.05, 3.63) is 17.2 Å². The highest BCUT2D eigenvalue weighted by molar-refractivity contribution is 9.08. The average molecular weight is 817 g/mol. The molecule has 1 aromatic carbocycles. The van der Waals surface area contributed by atoms with Crippen LogP contribution in [0.15, 0.2) is 6.07 Å². The van der Waals surface area contributed by atoms with Gasteiger partial charge in [0.05, 0.1) is 19.8 Å². The van der Waals surface area contributed by atoms with Crippen molar-refractivity contribution in [1.29, 1.82) is 0 Å². The first-order valence-corrected chi connectivity index (χ1v) is 23.7. The molecule has 0 amide bonds. The summed E-state index contributed by atoms with van der Waals surface area (Å²) in [6.07, 6.45) is 39.8. The maximum absolute atomic E-state index is 6.63. The summed E-state index contributed by atoms with van der Waals surface area (Å²) >= 11 is 7.52. The first kappa shape index (κ1) is 46.6. The van der Waals surface area contributed by atoms with Crippen LogP contribution in [0.1, 0.15) is 225 Å². The summed E-state index contributed by atoms with van der Waals surface area (Å²) in [6.45, 7) is 9.06. The predicted octanol–water partition coefficient (Wildman–Crippen LogP) is 16.4. The predicted molar refractivity (Wildman–Crippen MR) is 224 cm³/mol. The number of hydrogen-bond donors (Lipinski definition) is 0. The van der Waals surface area contributed by atoms with Crippen molar-refractivity contribution in [3.8, 4) is 17.2 Å². The molecular formula is C44H80Br2O3. The van der Waals surface area contributed by atoms with Gasteiger partial charge in [0.1, 0.15) is 0 Å². The van der Waals surface area contributed by atoms with Crippen LogP contribution >= 0.6 is 31.9 Å². The Morgan fingerprint density at radius 3 is 0.796 bits per heavy atom. The highest BCUT2D eigenvalue weighted by Crippen LogP contribution is 2.45. The minimum Gasteiger partial charge on any atom is -0.489 e. The van der Waals surface area contributed by atoms with Gasteiger partial charge in [-0.25, -0.2) is 0 Å². The van der Waals surface area contributed by atoms with Gasteiger partial charge in [0.2, 0.25) is 5.75 Å². The summed E-state index contributed by atoms with van der Waals surface area (Å²) in [4.78, 5) is 0. The van der Waals surface area contributed by atoms with E-state index >= 15 is 0 Å². The van der Waals surface area contributed by atoms with Gasteiger partial charge in [-0.2, -0.15) is 0 Å². The summed E-state index contributed by atoms with van der Waals surface area (Å²) < 4.78 is 19.8. The van der Waals surface area contributed by atoms with E-state index in [0.29, 0.717) is 6.61 Å². The molecule has 1 aromatic rings. The molecule has 0 N–H and O–H groups in total. The molecule has 0 aliphatic rings. The van der Waals surface area contributed by atoms with E-state index < -0.39 is 0 Å². The van der Waals surface area contributed by atoms with E-state index in [9.17, 15) is 0 Å². The Labute approximate surface area is 322 Å². The second-order valence-corrected chi connectivity index (χ2v) is 15.7. The highest BCUT2D eigenvalue weighted by Gasteiger charge is 2.22. The molecule has 0 fully saturated rings. The SMILES string of the molecule is CCCCCCCCCCCCOc1c(CBr)cc(CBr)c(OCCCCCCCCCCCC)c1OCCCCCCCCCCCC. The zero-order valence-electron chi connectivity index (χ0n) is 32.8. The Hall–Kier alpha value is -0.420. The van der Waals surface area contributed by atoms with Crippen molar-refractivity contribution in [2.75, 3.05) is 19.8 Å². The third-order valence-corrected chi connectivity index (χ3v) is 11.1. The van der Waals surface area contributed by atoms with Crippen LogP contribution in [0.5, 0.6) is 17.2 Å². The first-order chi connectivity index (χ1) is 24.2. The van der Waals surface area contributed by atoms with E-state index in [1.807, 2.05) is 0 Å². The third kappa shape index (κ3) is 25.2. The Morgan fingerprint density at radius 2 is 0.551 bits per heavy atom. The maximum atomic E-state index is 6.63. The number of rotatable bonds is 38. The quantitative estimate of drug-likeness (QED) is 0.0491. The summed E-state index contributed by atoms with van der Waals surface area (Å²) in [5.74, 6) is 2.62. The molecule has 1 rings (SSSR count). The lowest BCUT2D eigenvalue weighted by Crippen LogP contribution is -2.09. The van der Waals surface area contributed by atoms with Crippen molar-refractivity contribution in [1.82, 2.24) is 0 Å². The highest BCUT2D eigenvalue weighted by atomic mass is 79.9. The molecule has 0 atom stereocenters. The smallest absolute Gasteiger partial charge is 0.204 e. The molecule has 0 radical (unpaired) electrons. The average Bonchev–Trinajstić information content (AvgIpc) is 3.12. The Balaban J connectivity index is 2.70. The Kier molecular flexibility index (Phi) is 34.2. The molecule has 0 heterocycles. The Bertz CT molecular complexity index is 794. The molecule has 5 heteroatoms. The van der Waals surface area contributed by atoms with Crippen LogP contribution in [0.2, 0.25) is 0 Å². The fourth-order valence-electron chi connectivity index (χ4n) is 6.67. The molecule has 3 nitrogen and oxygen atoms in total. The van der Waals surface area contributed by atoms with Gasteiger partial charge in [-0.3, -0.25) is 0 Å². The lowest BCUT2D eigenvalue weighted by Gasteiger charge is -2.22. The van der Waals surface area contributed by atoms with Crippen molar-refractivity contribution >= 4 is 31.9 Å². The largest absolute Gasteiger partial charge is 0.489 e. The Morgan fingerprint density at radius 1 is 0.327 bits per heavy atom. The number of unbranched alkanes of at least 4 members (excludes halogenated alkanes) is 27. The number of ether oxygens (including phenoxy) is 3. The van der Waals surface area contributed by atoms with Crippen molar-refractivity contribution < 1.29 is 14.2 Å². The molecule has 288 valence electrons. The maximum Gasteiger partial charge on any atom is 0.204 e. The van der Waals surface area contributed by atoms with Gasteiger partial charge in [-0.15, -0.1) is 0 Å². The van der Waals surface area contributed by atoms with Crippen molar-refractivity contribution in [3.63, 3.8) is 0 Å². The molecule has 0 unspecified atom stereocenters. The van der Waals surface area contributed by atoms with Crippen LogP contribution in [-0.4, -0.2) is 19.8 Å². The van der Waals surface area contributed by atoms with Gasteiger partial charge in [0.25, 0.3) is 0 Å². The van der Waals surface area contributed by atoms with Gasteiger partial charge >= 0.3 is 0 Å². The van der Waals surface area contributed by atoms with E-state index in [-0.39, 0.29) is 0 Å². The van der Waals surface area contributed by atoms with Crippen LogP contribution in [0, 0.1) is 0 Å². The third-order valence-electron chi connectivity index (χ3n) is 9.87. The fraction of sp³-hybridized carbons (Fsp3) is 0.864. The number of alkyl halides is 2. The fourth-order valence-corrected chi connectivity index (χ4v) is 7.51. The summed E-state index contributed by atoms with van der Waals surface area (Å²) in [5.41, 5.74) is 2.32. The minimum absolute atomic E-state index is 0.715. The zero-order chi connectivity index (χ0) is 35.5.